The van der Waals surface area contributed by atoms with Gasteiger partial charge in [-0.05, 0) is 25.0 Å². The van der Waals surface area contributed by atoms with E-state index in [0.717, 1.165) is 29.7 Å². The number of aromatic nitrogens is 2. The molecule has 0 aliphatic heterocycles. The van der Waals surface area contributed by atoms with Crippen LogP contribution >= 0.6 is 0 Å². The van der Waals surface area contributed by atoms with Crippen LogP contribution in [0.15, 0.2) is 24.3 Å². The molecule has 0 spiro atoms. The van der Waals surface area contributed by atoms with E-state index in [-0.39, 0.29) is 12.6 Å². The number of imidazole rings is 1. The van der Waals surface area contributed by atoms with Gasteiger partial charge < -0.3 is 15.4 Å². The van der Waals surface area contributed by atoms with Gasteiger partial charge >= 0.3 is 0 Å². The number of benzene rings is 1. The van der Waals surface area contributed by atoms with E-state index in [1.165, 1.54) is 12.8 Å². The molecule has 0 bridgehead atoms. The van der Waals surface area contributed by atoms with E-state index >= 15 is 0 Å². The van der Waals surface area contributed by atoms with E-state index < -0.39 is 0 Å². The summed E-state index contributed by atoms with van der Waals surface area (Å²) in [6.07, 6.45) is 4.63. The average molecular weight is 259 g/mol. The molecular weight excluding hydrogens is 238 g/mol. The van der Waals surface area contributed by atoms with Crippen LogP contribution in [-0.4, -0.2) is 27.3 Å². The van der Waals surface area contributed by atoms with Gasteiger partial charge in [0.1, 0.15) is 5.82 Å². The minimum atomic E-state index is 0.134. The van der Waals surface area contributed by atoms with Crippen LogP contribution in [0, 0.1) is 0 Å². The molecule has 4 nitrogen and oxygen atoms in total. The van der Waals surface area contributed by atoms with Crippen molar-refractivity contribution >= 4 is 11.0 Å². The van der Waals surface area contributed by atoms with Crippen molar-refractivity contribution in [3.05, 3.63) is 30.1 Å². The van der Waals surface area contributed by atoms with Gasteiger partial charge in [-0.3, -0.25) is 0 Å². The van der Waals surface area contributed by atoms with Crippen LogP contribution in [0.2, 0.25) is 0 Å². The Kier molecular flexibility index (Phi) is 3.53. The molecule has 1 aliphatic rings. The Morgan fingerprint density at radius 2 is 2.05 bits per heavy atom. The SMILES string of the molecule is NC1CCCCC1c1nc2ccccc2n1CCO. The van der Waals surface area contributed by atoms with E-state index in [0.29, 0.717) is 12.5 Å². The standard InChI is InChI=1S/C15H21N3O/c16-12-6-2-1-5-11(12)15-17-13-7-3-4-8-14(13)18(15)9-10-19/h3-4,7-8,11-12,19H,1-2,5-6,9-10,16H2. The van der Waals surface area contributed by atoms with Gasteiger partial charge in [0.05, 0.1) is 17.6 Å². The third-order valence-electron chi connectivity index (χ3n) is 4.16. The minimum Gasteiger partial charge on any atom is -0.395 e. The lowest BCUT2D eigenvalue weighted by Crippen LogP contribution is -2.33. The van der Waals surface area contributed by atoms with Gasteiger partial charge in [0, 0.05) is 18.5 Å². The molecule has 2 aromatic rings. The molecule has 1 fully saturated rings. The molecule has 3 N–H and O–H groups in total. The summed E-state index contributed by atoms with van der Waals surface area (Å²) in [7, 11) is 0. The van der Waals surface area contributed by atoms with Crippen LogP contribution in [0.5, 0.6) is 0 Å². The van der Waals surface area contributed by atoms with Crippen LogP contribution in [-0.2, 0) is 6.54 Å². The molecule has 2 unspecified atom stereocenters. The molecule has 4 heteroatoms. The van der Waals surface area contributed by atoms with Crippen molar-refractivity contribution in [1.82, 2.24) is 9.55 Å². The fourth-order valence-corrected chi connectivity index (χ4v) is 3.19. The summed E-state index contributed by atoms with van der Waals surface area (Å²) < 4.78 is 2.14. The Hall–Kier alpha value is -1.39. The van der Waals surface area contributed by atoms with Crippen molar-refractivity contribution < 1.29 is 5.11 Å². The molecule has 0 radical (unpaired) electrons. The lowest BCUT2D eigenvalue weighted by molar-refractivity contribution is 0.271. The van der Waals surface area contributed by atoms with Gasteiger partial charge in [-0.1, -0.05) is 25.0 Å². The zero-order valence-electron chi connectivity index (χ0n) is 11.1. The van der Waals surface area contributed by atoms with Crippen LogP contribution < -0.4 is 5.73 Å². The summed E-state index contributed by atoms with van der Waals surface area (Å²) in [5.74, 6) is 1.38. The smallest absolute Gasteiger partial charge is 0.114 e. The molecule has 2 atom stereocenters. The predicted molar refractivity (Wildman–Crippen MR) is 76.0 cm³/mol. The Morgan fingerprint density at radius 3 is 2.84 bits per heavy atom. The van der Waals surface area contributed by atoms with Crippen molar-refractivity contribution in [2.75, 3.05) is 6.61 Å². The zero-order valence-corrected chi connectivity index (χ0v) is 11.1. The average Bonchev–Trinajstić information content (AvgIpc) is 2.79. The van der Waals surface area contributed by atoms with Gasteiger partial charge in [-0.15, -0.1) is 0 Å². The normalized spacial score (nSPS) is 23.9. The van der Waals surface area contributed by atoms with E-state index in [2.05, 4.69) is 10.6 Å². The lowest BCUT2D eigenvalue weighted by atomic mass is 9.84. The van der Waals surface area contributed by atoms with Crippen molar-refractivity contribution in [1.29, 1.82) is 0 Å². The van der Waals surface area contributed by atoms with Crippen LogP contribution in [0.25, 0.3) is 11.0 Å². The second-order valence-electron chi connectivity index (χ2n) is 5.39. The van der Waals surface area contributed by atoms with Gasteiger partial charge in [0.2, 0.25) is 0 Å². The highest BCUT2D eigenvalue weighted by atomic mass is 16.3. The summed E-state index contributed by atoms with van der Waals surface area (Å²) >= 11 is 0. The number of para-hydroxylation sites is 2. The summed E-state index contributed by atoms with van der Waals surface area (Å²) in [5.41, 5.74) is 8.39. The van der Waals surface area contributed by atoms with Gasteiger partial charge in [0.25, 0.3) is 0 Å². The molecule has 3 rings (SSSR count). The molecule has 102 valence electrons. The number of aliphatic hydroxyl groups is 1. The number of nitrogens with two attached hydrogens (primary N) is 1. The highest BCUT2D eigenvalue weighted by Gasteiger charge is 2.28. The first-order chi connectivity index (χ1) is 9.31. The predicted octanol–water partition coefficient (Wildman–Crippen LogP) is 2.01. The van der Waals surface area contributed by atoms with Gasteiger partial charge in [-0.25, -0.2) is 4.98 Å². The molecule has 19 heavy (non-hydrogen) atoms. The highest BCUT2D eigenvalue weighted by Crippen LogP contribution is 2.33. The maximum atomic E-state index is 9.31. The Balaban J connectivity index is 2.08. The third kappa shape index (κ3) is 2.26. The number of fused-ring (bicyclic) bond motifs is 1. The van der Waals surface area contributed by atoms with Crippen molar-refractivity contribution in [3.63, 3.8) is 0 Å². The fraction of sp³-hybridized carbons (Fsp3) is 0.533. The molecule has 1 saturated carbocycles. The second-order valence-corrected chi connectivity index (χ2v) is 5.39. The molecule has 1 heterocycles. The van der Waals surface area contributed by atoms with Crippen molar-refractivity contribution in [3.8, 4) is 0 Å². The quantitative estimate of drug-likeness (QED) is 0.886. The third-order valence-corrected chi connectivity index (χ3v) is 4.16. The first-order valence-electron chi connectivity index (χ1n) is 7.13. The van der Waals surface area contributed by atoms with Crippen LogP contribution in [0.4, 0.5) is 0 Å². The molecule has 0 amide bonds. The number of nitrogens with zero attached hydrogens (tertiary/aromatic N) is 2. The Morgan fingerprint density at radius 1 is 1.26 bits per heavy atom. The monoisotopic (exact) mass is 259 g/mol. The molecule has 1 aromatic carbocycles. The second kappa shape index (κ2) is 5.31. The van der Waals surface area contributed by atoms with Gasteiger partial charge in [0.15, 0.2) is 0 Å². The number of rotatable bonds is 3. The van der Waals surface area contributed by atoms with Crippen LogP contribution in [0.3, 0.4) is 0 Å². The Labute approximate surface area is 113 Å². The first kappa shape index (κ1) is 12.6. The van der Waals surface area contributed by atoms with Gasteiger partial charge in [-0.2, -0.15) is 0 Å². The largest absolute Gasteiger partial charge is 0.395 e. The summed E-state index contributed by atoms with van der Waals surface area (Å²) in [6, 6.07) is 8.31. The van der Waals surface area contributed by atoms with Crippen molar-refractivity contribution in [2.24, 2.45) is 5.73 Å². The summed E-state index contributed by atoms with van der Waals surface area (Å²) in [5, 5.41) is 9.31. The number of hydrogen-bond acceptors (Lipinski definition) is 3. The van der Waals surface area contributed by atoms with E-state index in [4.69, 9.17) is 10.7 Å². The summed E-state index contributed by atoms with van der Waals surface area (Å²) in [4.78, 5) is 4.78. The lowest BCUT2D eigenvalue weighted by Gasteiger charge is -2.28. The van der Waals surface area contributed by atoms with E-state index in [1.54, 1.807) is 0 Å². The number of hydrogen-bond donors (Lipinski definition) is 2. The van der Waals surface area contributed by atoms with Crippen molar-refractivity contribution in [2.45, 2.75) is 44.2 Å². The van der Waals surface area contributed by atoms with Crippen LogP contribution in [0.1, 0.15) is 37.4 Å². The van der Waals surface area contributed by atoms with E-state index in [1.807, 2.05) is 18.2 Å². The Bertz CT molecular complexity index is 564. The maximum absolute atomic E-state index is 9.31. The molecule has 0 saturated heterocycles. The summed E-state index contributed by atoms with van der Waals surface area (Å²) in [6.45, 7) is 0.731. The topological polar surface area (TPSA) is 64.1 Å². The molecule has 1 aliphatic carbocycles. The zero-order chi connectivity index (χ0) is 13.2. The highest BCUT2D eigenvalue weighted by molar-refractivity contribution is 5.76. The number of aliphatic hydroxyl groups excluding tert-OH is 1. The minimum absolute atomic E-state index is 0.134. The maximum Gasteiger partial charge on any atom is 0.114 e. The van der Waals surface area contributed by atoms with E-state index in [9.17, 15) is 5.11 Å². The first-order valence-corrected chi connectivity index (χ1v) is 7.13. The fourth-order valence-electron chi connectivity index (χ4n) is 3.19. The molecular formula is C15H21N3O. The molecule has 1 aromatic heterocycles.